The van der Waals surface area contributed by atoms with Crippen molar-refractivity contribution in [3.05, 3.63) is 0 Å². The maximum absolute atomic E-state index is 11.8. The van der Waals surface area contributed by atoms with Crippen LogP contribution in [0.4, 0.5) is 0 Å². The Kier molecular flexibility index (Phi) is 8.30. The first kappa shape index (κ1) is 16.6. The van der Waals surface area contributed by atoms with Gasteiger partial charge in [-0.3, -0.25) is 9.00 Å². The number of amides is 1. The van der Waals surface area contributed by atoms with Gasteiger partial charge in [-0.05, 0) is 25.8 Å². The topological polar surface area (TPSA) is 58.2 Å². The highest BCUT2D eigenvalue weighted by atomic mass is 32.2. The van der Waals surface area contributed by atoms with Gasteiger partial charge >= 0.3 is 0 Å². The Balaban J connectivity index is 2.08. The molecule has 0 aromatic carbocycles. The summed E-state index contributed by atoms with van der Waals surface area (Å²) >= 11 is 0. The lowest BCUT2D eigenvalue weighted by atomic mass is 10.1. The van der Waals surface area contributed by atoms with E-state index in [0.29, 0.717) is 12.6 Å². The van der Waals surface area contributed by atoms with Crippen molar-refractivity contribution in [3.63, 3.8) is 0 Å². The molecule has 2 unspecified atom stereocenters. The van der Waals surface area contributed by atoms with Crippen LogP contribution >= 0.6 is 0 Å². The fraction of sp³-hybridized carbons (Fsp3) is 0.929. The Bertz CT molecular complexity index is 289. The minimum Gasteiger partial charge on any atom is -0.352 e. The first-order chi connectivity index (χ1) is 9.09. The van der Waals surface area contributed by atoms with Crippen molar-refractivity contribution in [2.24, 2.45) is 0 Å². The monoisotopic (exact) mass is 288 g/mol. The van der Waals surface area contributed by atoms with Gasteiger partial charge in [-0.2, -0.15) is 0 Å². The summed E-state index contributed by atoms with van der Waals surface area (Å²) in [6.45, 7) is 3.10. The Morgan fingerprint density at radius 2 is 1.89 bits per heavy atom. The Morgan fingerprint density at radius 3 is 2.47 bits per heavy atom. The molecule has 112 valence electrons. The van der Waals surface area contributed by atoms with Gasteiger partial charge in [-0.25, -0.2) is 0 Å². The molecule has 1 aliphatic carbocycles. The Labute approximate surface area is 119 Å². The molecule has 0 bridgehead atoms. The van der Waals surface area contributed by atoms with Crippen molar-refractivity contribution in [2.45, 2.75) is 63.2 Å². The number of nitrogens with one attached hydrogen (secondary N) is 2. The molecular formula is C14H28N2O2S. The largest absolute Gasteiger partial charge is 0.352 e. The van der Waals surface area contributed by atoms with Gasteiger partial charge in [0, 0.05) is 28.3 Å². The summed E-state index contributed by atoms with van der Waals surface area (Å²) in [6, 6.07) is 0.374. The quantitative estimate of drug-likeness (QED) is 0.552. The summed E-state index contributed by atoms with van der Waals surface area (Å²) < 4.78 is 11.2. The van der Waals surface area contributed by atoms with Crippen LogP contribution in [0.5, 0.6) is 0 Å². The van der Waals surface area contributed by atoms with Crippen molar-refractivity contribution >= 4 is 16.7 Å². The normalized spacial score (nSPS) is 20.5. The summed E-state index contributed by atoms with van der Waals surface area (Å²) in [5.74, 6) is 0.0946. The highest BCUT2D eigenvalue weighted by Gasteiger charge is 2.14. The van der Waals surface area contributed by atoms with Crippen LogP contribution in [-0.4, -0.2) is 40.8 Å². The van der Waals surface area contributed by atoms with E-state index in [0.717, 1.165) is 25.8 Å². The summed E-state index contributed by atoms with van der Waals surface area (Å²) in [4.78, 5) is 11.8. The van der Waals surface area contributed by atoms with Gasteiger partial charge in [-0.1, -0.05) is 32.6 Å². The van der Waals surface area contributed by atoms with E-state index in [4.69, 9.17) is 0 Å². The van der Waals surface area contributed by atoms with Crippen molar-refractivity contribution in [1.29, 1.82) is 0 Å². The average molecular weight is 288 g/mol. The molecule has 0 aromatic rings. The fourth-order valence-electron chi connectivity index (χ4n) is 2.38. The number of hydrogen-bond donors (Lipinski definition) is 2. The minimum absolute atomic E-state index is 0.0946. The SMILES string of the molecule is CC(CCNCC(=O)NC1CCCCCC1)S(C)=O. The molecule has 1 rings (SSSR count). The molecule has 2 N–H and O–H groups in total. The first-order valence-corrected chi connectivity index (χ1v) is 9.04. The summed E-state index contributed by atoms with van der Waals surface area (Å²) in [5.41, 5.74) is 0. The van der Waals surface area contributed by atoms with Crippen LogP contribution in [0.1, 0.15) is 51.9 Å². The summed E-state index contributed by atoms with van der Waals surface area (Å²) in [5, 5.41) is 6.43. The second-order valence-corrected chi connectivity index (χ2v) is 7.33. The second-order valence-electron chi connectivity index (χ2n) is 5.53. The molecule has 1 aliphatic rings. The molecule has 1 fully saturated rings. The Morgan fingerprint density at radius 1 is 1.26 bits per heavy atom. The van der Waals surface area contributed by atoms with Gasteiger partial charge in [-0.15, -0.1) is 0 Å². The van der Waals surface area contributed by atoms with E-state index in [9.17, 15) is 9.00 Å². The third kappa shape index (κ3) is 7.67. The van der Waals surface area contributed by atoms with Crippen LogP contribution < -0.4 is 10.6 Å². The lowest BCUT2D eigenvalue weighted by Crippen LogP contribution is -2.40. The van der Waals surface area contributed by atoms with E-state index in [-0.39, 0.29) is 11.2 Å². The first-order valence-electron chi connectivity index (χ1n) is 7.42. The third-order valence-electron chi connectivity index (χ3n) is 3.80. The number of carbonyl (C=O) groups excluding carboxylic acids is 1. The van der Waals surface area contributed by atoms with E-state index in [1.54, 1.807) is 6.26 Å². The number of rotatable bonds is 7. The third-order valence-corrected chi connectivity index (χ3v) is 5.17. The standard InChI is InChI=1S/C14H28N2O2S/c1-12(19(2)18)9-10-15-11-14(17)16-13-7-5-3-4-6-8-13/h12-13,15H,3-11H2,1-2H3,(H,16,17). The molecule has 1 amide bonds. The zero-order chi connectivity index (χ0) is 14.1. The van der Waals surface area contributed by atoms with E-state index >= 15 is 0 Å². The van der Waals surface area contributed by atoms with Crippen molar-refractivity contribution in [2.75, 3.05) is 19.3 Å². The zero-order valence-electron chi connectivity index (χ0n) is 12.2. The van der Waals surface area contributed by atoms with Crippen LogP contribution in [-0.2, 0) is 15.6 Å². The van der Waals surface area contributed by atoms with Crippen LogP contribution in [0.25, 0.3) is 0 Å². The predicted octanol–water partition coefficient (Wildman–Crippen LogP) is 1.57. The molecule has 19 heavy (non-hydrogen) atoms. The van der Waals surface area contributed by atoms with Gasteiger partial charge in [0.05, 0.1) is 6.54 Å². The molecule has 0 spiro atoms. The van der Waals surface area contributed by atoms with E-state index in [2.05, 4.69) is 10.6 Å². The minimum atomic E-state index is -0.773. The highest BCUT2D eigenvalue weighted by molar-refractivity contribution is 7.84. The van der Waals surface area contributed by atoms with Crippen LogP contribution in [0.3, 0.4) is 0 Å². The summed E-state index contributed by atoms with van der Waals surface area (Å²) in [6.07, 6.45) is 9.89. The maximum atomic E-state index is 11.8. The number of hydrogen-bond acceptors (Lipinski definition) is 3. The second kappa shape index (κ2) is 9.48. The highest BCUT2D eigenvalue weighted by Crippen LogP contribution is 2.16. The van der Waals surface area contributed by atoms with Gasteiger partial charge in [0.25, 0.3) is 0 Å². The molecule has 1 saturated carbocycles. The molecule has 0 saturated heterocycles. The van der Waals surface area contributed by atoms with E-state index < -0.39 is 10.8 Å². The lowest BCUT2D eigenvalue weighted by molar-refractivity contribution is -0.121. The zero-order valence-corrected chi connectivity index (χ0v) is 13.1. The van der Waals surface area contributed by atoms with Crippen molar-refractivity contribution in [1.82, 2.24) is 10.6 Å². The number of carbonyl (C=O) groups is 1. The molecule has 0 aromatic heterocycles. The van der Waals surface area contributed by atoms with E-state index in [1.165, 1.54) is 25.7 Å². The Hall–Kier alpha value is -0.420. The molecule has 0 radical (unpaired) electrons. The predicted molar refractivity (Wildman–Crippen MR) is 80.6 cm³/mol. The van der Waals surface area contributed by atoms with Crippen molar-refractivity contribution < 1.29 is 9.00 Å². The molecule has 0 aliphatic heterocycles. The molecule has 4 nitrogen and oxygen atoms in total. The van der Waals surface area contributed by atoms with Gasteiger partial charge in [0.1, 0.15) is 0 Å². The molecule has 2 atom stereocenters. The average Bonchev–Trinajstić information content (AvgIpc) is 2.62. The summed E-state index contributed by atoms with van der Waals surface area (Å²) in [7, 11) is -0.773. The van der Waals surface area contributed by atoms with Crippen LogP contribution in [0, 0.1) is 0 Å². The van der Waals surface area contributed by atoms with E-state index in [1.807, 2.05) is 6.92 Å². The van der Waals surface area contributed by atoms with Gasteiger partial charge in [0.15, 0.2) is 0 Å². The van der Waals surface area contributed by atoms with Crippen LogP contribution in [0.2, 0.25) is 0 Å². The lowest BCUT2D eigenvalue weighted by Gasteiger charge is -2.16. The maximum Gasteiger partial charge on any atom is 0.234 e. The molecular weight excluding hydrogens is 260 g/mol. The smallest absolute Gasteiger partial charge is 0.234 e. The molecule has 0 heterocycles. The van der Waals surface area contributed by atoms with Crippen LogP contribution in [0.15, 0.2) is 0 Å². The molecule has 5 heteroatoms. The van der Waals surface area contributed by atoms with Gasteiger partial charge < -0.3 is 10.6 Å². The fourth-order valence-corrected chi connectivity index (χ4v) is 2.83. The van der Waals surface area contributed by atoms with Crippen molar-refractivity contribution in [3.8, 4) is 0 Å². The van der Waals surface area contributed by atoms with Gasteiger partial charge in [0.2, 0.25) is 5.91 Å².